The zero-order valence-electron chi connectivity index (χ0n) is 14.7. The number of benzene rings is 1. The first kappa shape index (κ1) is 16.3. The molecule has 3 heterocycles. The van der Waals surface area contributed by atoms with E-state index in [4.69, 9.17) is 0 Å². The van der Waals surface area contributed by atoms with Crippen molar-refractivity contribution >= 4 is 5.91 Å². The lowest BCUT2D eigenvalue weighted by atomic mass is 10.0. The second-order valence-corrected chi connectivity index (χ2v) is 7.06. The van der Waals surface area contributed by atoms with Crippen molar-refractivity contribution < 1.29 is 4.79 Å². The zero-order chi connectivity index (χ0) is 17.2. The standard InChI is InChI=1S/C19H25N5O/c1-15(25)23-12-6-10-19(23)18-9-5-11-22(18)14-16-13-20-24(21-16)17-7-3-2-4-8-17/h2-4,7-8,13,18-19H,5-6,9-12,14H2,1H3. The largest absolute Gasteiger partial charge is 0.338 e. The van der Waals surface area contributed by atoms with Gasteiger partial charge < -0.3 is 4.90 Å². The molecule has 4 rings (SSSR count). The third kappa shape index (κ3) is 3.31. The fraction of sp³-hybridized carbons (Fsp3) is 0.526. The molecule has 2 aromatic rings. The van der Waals surface area contributed by atoms with Gasteiger partial charge in [-0.25, -0.2) is 0 Å². The normalized spacial score (nSPS) is 24.1. The molecule has 2 unspecified atom stereocenters. The molecule has 0 spiro atoms. The van der Waals surface area contributed by atoms with Crippen molar-refractivity contribution in [2.75, 3.05) is 13.1 Å². The second-order valence-electron chi connectivity index (χ2n) is 7.06. The van der Waals surface area contributed by atoms with Crippen LogP contribution in [-0.4, -0.2) is 55.9 Å². The van der Waals surface area contributed by atoms with E-state index in [-0.39, 0.29) is 5.91 Å². The Morgan fingerprint density at radius 1 is 1.12 bits per heavy atom. The molecular weight excluding hydrogens is 314 g/mol. The molecule has 2 fully saturated rings. The zero-order valence-corrected chi connectivity index (χ0v) is 14.7. The van der Waals surface area contributed by atoms with Crippen molar-refractivity contribution in [3.05, 3.63) is 42.2 Å². The number of carbonyl (C=O) groups is 1. The Labute approximate surface area is 148 Å². The molecule has 2 aliphatic rings. The lowest BCUT2D eigenvalue weighted by molar-refractivity contribution is -0.130. The Morgan fingerprint density at radius 2 is 1.88 bits per heavy atom. The first-order valence-electron chi connectivity index (χ1n) is 9.20. The highest BCUT2D eigenvalue weighted by atomic mass is 16.2. The van der Waals surface area contributed by atoms with Crippen molar-refractivity contribution in [3.8, 4) is 5.69 Å². The maximum absolute atomic E-state index is 11.9. The average molecular weight is 339 g/mol. The van der Waals surface area contributed by atoms with Gasteiger partial charge >= 0.3 is 0 Å². The smallest absolute Gasteiger partial charge is 0.219 e. The van der Waals surface area contributed by atoms with Crippen molar-refractivity contribution in [2.45, 2.75) is 51.2 Å². The molecule has 0 radical (unpaired) electrons. The maximum atomic E-state index is 11.9. The predicted octanol–water partition coefficient (Wildman–Crippen LogP) is 2.24. The van der Waals surface area contributed by atoms with Crippen LogP contribution in [0.3, 0.4) is 0 Å². The first-order chi connectivity index (χ1) is 12.2. The third-order valence-electron chi connectivity index (χ3n) is 5.45. The van der Waals surface area contributed by atoms with E-state index >= 15 is 0 Å². The molecule has 0 saturated carbocycles. The van der Waals surface area contributed by atoms with Gasteiger partial charge in [0.1, 0.15) is 0 Å². The molecule has 2 aliphatic heterocycles. The Kier molecular flexibility index (Phi) is 4.53. The minimum atomic E-state index is 0.212. The molecular formula is C19H25N5O. The summed E-state index contributed by atoms with van der Waals surface area (Å²) in [7, 11) is 0. The van der Waals surface area contributed by atoms with E-state index in [9.17, 15) is 4.79 Å². The summed E-state index contributed by atoms with van der Waals surface area (Å²) >= 11 is 0. The van der Waals surface area contributed by atoms with Gasteiger partial charge in [0, 0.05) is 32.1 Å². The van der Waals surface area contributed by atoms with Crippen molar-refractivity contribution in [1.29, 1.82) is 0 Å². The van der Waals surface area contributed by atoms with Gasteiger partial charge in [0.25, 0.3) is 0 Å². The van der Waals surface area contributed by atoms with Gasteiger partial charge in [-0.05, 0) is 44.4 Å². The SMILES string of the molecule is CC(=O)N1CCCC1C1CCCN1Cc1cnn(-c2ccccc2)n1. The van der Waals surface area contributed by atoms with Crippen LogP contribution in [0.25, 0.3) is 5.69 Å². The highest BCUT2D eigenvalue weighted by molar-refractivity contribution is 5.74. The van der Waals surface area contributed by atoms with Crippen LogP contribution in [0.1, 0.15) is 38.3 Å². The number of nitrogens with zero attached hydrogens (tertiary/aromatic N) is 5. The summed E-state index contributed by atoms with van der Waals surface area (Å²) in [5.74, 6) is 0.212. The van der Waals surface area contributed by atoms with Gasteiger partial charge in [0.2, 0.25) is 5.91 Å². The average Bonchev–Trinajstić information content (AvgIpc) is 3.36. The van der Waals surface area contributed by atoms with Gasteiger partial charge in [-0.3, -0.25) is 9.69 Å². The molecule has 132 valence electrons. The van der Waals surface area contributed by atoms with Crippen molar-refractivity contribution in [3.63, 3.8) is 0 Å². The molecule has 0 aliphatic carbocycles. The summed E-state index contributed by atoms with van der Waals surface area (Å²) in [5, 5.41) is 9.05. The monoisotopic (exact) mass is 339 g/mol. The van der Waals surface area contributed by atoms with E-state index in [2.05, 4.69) is 20.0 Å². The minimum absolute atomic E-state index is 0.212. The van der Waals surface area contributed by atoms with Gasteiger partial charge in [-0.2, -0.15) is 15.0 Å². The van der Waals surface area contributed by atoms with Gasteiger partial charge in [-0.15, -0.1) is 0 Å². The lowest BCUT2D eigenvalue weighted by Crippen LogP contribution is -2.47. The molecule has 1 aromatic heterocycles. The predicted molar refractivity (Wildman–Crippen MR) is 95.2 cm³/mol. The minimum Gasteiger partial charge on any atom is -0.338 e. The molecule has 6 heteroatoms. The number of rotatable bonds is 4. The number of para-hydroxylation sites is 1. The summed E-state index contributed by atoms with van der Waals surface area (Å²) < 4.78 is 0. The molecule has 0 N–H and O–H groups in total. The van der Waals surface area contributed by atoms with Crippen LogP contribution in [-0.2, 0) is 11.3 Å². The number of carbonyl (C=O) groups excluding carboxylic acids is 1. The Hall–Kier alpha value is -2.21. The summed E-state index contributed by atoms with van der Waals surface area (Å²) in [6, 6.07) is 10.8. The summed E-state index contributed by atoms with van der Waals surface area (Å²) in [5.41, 5.74) is 1.97. The van der Waals surface area contributed by atoms with Gasteiger partial charge in [0.15, 0.2) is 0 Å². The van der Waals surface area contributed by atoms with Crippen LogP contribution in [0.5, 0.6) is 0 Å². The third-order valence-corrected chi connectivity index (χ3v) is 5.45. The summed E-state index contributed by atoms with van der Waals surface area (Å²) in [6.45, 7) is 4.49. The van der Waals surface area contributed by atoms with Crippen LogP contribution in [0.2, 0.25) is 0 Å². The fourth-order valence-corrected chi connectivity index (χ4v) is 4.33. The number of aromatic nitrogens is 3. The van der Waals surface area contributed by atoms with Crippen LogP contribution < -0.4 is 0 Å². The number of hydrogen-bond acceptors (Lipinski definition) is 4. The maximum Gasteiger partial charge on any atom is 0.219 e. The second kappa shape index (κ2) is 6.96. The van der Waals surface area contributed by atoms with E-state index < -0.39 is 0 Å². The Bertz CT molecular complexity index is 728. The van der Waals surface area contributed by atoms with Crippen LogP contribution in [0, 0.1) is 0 Å². The lowest BCUT2D eigenvalue weighted by Gasteiger charge is -2.34. The van der Waals surface area contributed by atoms with E-state index in [0.29, 0.717) is 12.1 Å². The van der Waals surface area contributed by atoms with E-state index in [1.807, 2.05) is 36.5 Å². The molecule has 6 nitrogen and oxygen atoms in total. The topological polar surface area (TPSA) is 54.3 Å². The van der Waals surface area contributed by atoms with E-state index in [1.54, 1.807) is 11.7 Å². The molecule has 1 amide bonds. The highest BCUT2D eigenvalue weighted by Crippen LogP contribution is 2.30. The van der Waals surface area contributed by atoms with Crippen LogP contribution in [0.4, 0.5) is 0 Å². The molecule has 2 atom stereocenters. The molecule has 1 aromatic carbocycles. The Morgan fingerprint density at radius 3 is 2.68 bits per heavy atom. The van der Waals surface area contributed by atoms with Gasteiger partial charge in [0.05, 0.1) is 17.6 Å². The summed E-state index contributed by atoms with van der Waals surface area (Å²) in [6.07, 6.45) is 6.47. The van der Waals surface area contributed by atoms with Crippen molar-refractivity contribution in [2.24, 2.45) is 0 Å². The van der Waals surface area contributed by atoms with Gasteiger partial charge in [-0.1, -0.05) is 18.2 Å². The van der Waals surface area contributed by atoms with E-state index in [1.165, 1.54) is 12.8 Å². The highest BCUT2D eigenvalue weighted by Gasteiger charge is 2.38. The quantitative estimate of drug-likeness (QED) is 0.857. The van der Waals surface area contributed by atoms with Crippen LogP contribution in [0.15, 0.2) is 36.5 Å². The fourth-order valence-electron chi connectivity index (χ4n) is 4.33. The first-order valence-corrected chi connectivity index (χ1v) is 9.20. The molecule has 25 heavy (non-hydrogen) atoms. The summed E-state index contributed by atoms with van der Waals surface area (Å²) in [4.78, 5) is 18.2. The van der Waals surface area contributed by atoms with E-state index in [0.717, 1.165) is 43.9 Å². The molecule has 2 saturated heterocycles. The number of likely N-dealkylation sites (tertiary alicyclic amines) is 2. The molecule has 0 bridgehead atoms. The Balaban J connectivity index is 1.47. The van der Waals surface area contributed by atoms with Crippen molar-refractivity contribution in [1.82, 2.24) is 24.8 Å². The number of amides is 1. The number of hydrogen-bond donors (Lipinski definition) is 0. The van der Waals surface area contributed by atoms with Crippen LogP contribution >= 0.6 is 0 Å².